The molecule has 0 saturated carbocycles. The number of carbonyl (C=O) groups excluding carboxylic acids is 3. The second-order valence-corrected chi connectivity index (χ2v) is 9.17. The van der Waals surface area contributed by atoms with Crippen LogP contribution in [-0.4, -0.2) is 24.5 Å². The molecule has 7 nitrogen and oxygen atoms in total. The number of carbonyl (C=O) groups is 3. The van der Waals surface area contributed by atoms with Crippen LogP contribution in [0.15, 0.2) is 60.2 Å². The Bertz CT molecular complexity index is 1410. The van der Waals surface area contributed by atoms with Crippen LogP contribution in [0.3, 0.4) is 0 Å². The van der Waals surface area contributed by atoms with Crippen LogP contribution in [0.25, 0.3) is 6.08 Å². The lowest BCUT2D eigenvalue weighted by Gasteiger charge is -2.27. The van der Waals surface area contributed by atoms with Crippen molar-refractivity contribution < 1.29 is 23.9 Å². The van der Waals surface area contributed by atoms with Gasteiger partial charge in [0.1, 0.15) is 12.2 Å². The van der Waals surface area contributed by atoms with Crippen molar-refractivity contribution in [3.05, 3.63) is 93.0 Å². The lowest BCUT2D eigenvalue weighted by Crippen LogP contribution is -2.54. The van der Waals surface area contributed by atoms with Crippen LogP contribution < -0.4 is 19.7 Å². The van der Waals surface area contributed by atoms with Crippen LogP contribution >= 0.6 is 11.6 Å². The molecule has 3 aromatic rings. The summed E-state index contributed by atoms with van der Waals surface area (Å²) < 4.78 is 11.8. The molecule has 1 fully saturated rings. The number of nitrogens with zero attached hydrogens (tertiary/aromatic N) is 1. The number of halogens is 1. The molecule has 1 saturated heterocycles. The van der Waals surface area contributed by atoms with Gasteiger partial charge in [-0.3, -0.25) is 14.9 Å². The van der Waals surface area contributed by atoms with E-state index in [-0.39, 0.29) is 5.57 Å². The van der Waals surface area contributed by atoms with E-state index in [9.17, 15) is 14.4 Å². The molecule has 0 radical (unpaired) electrons. The quantitative estimate of drug-likeness (QED) is 0.310. The fourth-order valence-corrected chi connectivity index (χ4v) is 4.37. The van der Waals surface area contributed by atoms with Crippen molar-refractivity contribution in [3.8, 4) is 11.5 Å². The Morgan fingerprint density at radius 2 is 1.65 bits per heavy atom. The van der Waals surface area contributed by atoms with Gasteiger partial charge in [0.05, 0.1) is 12.3 Å². The number of benzene rings is 3. The Morgan fingerprint density at radius 1 is 0.919 bits per heavy atom. The molecule has 1 heterocycles. The Balaban J connectivity index is 1.63. The summed E-state index contributed by atoms with van der Waals surface area (Å²) >= 11 is 6.19. The highest BCUT2D eigenvalue weighted by atomic mass is 35.5. The molecule has 4 amide bonds. The second kappa shape index (κ2) is 10.9. The minimum atomic E-state index is -0.831. The molecule has 1 aliphatic heterocycles. The highest BCUT2D eigenvalue weighted by Crippen LogP contribution is 2.32. The second-order valence-electron chi connectivity index (χ2n) is 8.77. The van der Waals surface area contributed by atoms with Crippen molar-refractivity contribution in [1.82, 2.24) is 5.32 Å². The van der Waals surface area contributed by atoms with E-state index in [0.717, 1.165) is 21.6 Å². The van der Waals surface area contributed by atoms with Crippen LogP contribution in [0.1, 0.15) is 34.7 Å². The van der Waals surface area contributed by atoms with E-state index in [1.54, 1.807) is 43.3 Å². The fraction of sp³-hybridized carbons (Fsp3) is 0.207. The third-order valence-corrected chi connectivity index (χ3v) is 6.25. The standard InChI is InChI=1S/C29H27ClN2O5/c1-5-36-26-15-20(9-10-25(26)37-16-21-12-17(2)11-18(3)13-21)14-22-27(33)31-29(35)32(28(22)34)24-8-6-7-23(30)19(24)4/h6-15H,5,16H2,1-4H3,(H,31,33,35)/b22-14+. The first-order valence-corrected chi connectivity index (χ1v) is 12.2. The van der Waals surface area contributed by atoms with Gasteiger partial charge in [-0.1, -0.05) is 53.1 Å². The maximum absolute atomic E-state index is 13.3. The molecular formula is C29H27ClN2O5. The van der Waals surface area contributed by atoms with Gasteiger partial charge >= 0.3 is 6.03 Å². The van der Waals surface area contributed by atoms with E-state index in [1.165, 1.54) is 6.08 Å². The largest absolute Gasteiger partial charge is 0.490 e. The normalized spacial score (nSPS) is 14.7. The first-order valence-electron chi connectivity index (χ1n) is 11.8. The number of amides is 4. The van der Waals surface area contributed by atoms with E-state index < -0.39 is 17.8 Å². The van der Waals surface area contributed by atoms with Gasteiger partial charge in [0.2, 0.25) is 0 Å². The van der Waals surface area contributed by atoms with Gasteiger partial charge in [0.25, 0.3) is 11.8 Å². The Hall–Kier alpha value is -4.10. The van der Waals surface area contributed by atoms with Crippen molar-refractivity contribution in [3.63, 3.8) is 0 Å². The summed E-state index contributed by atoms with van der Waals surface area (Å²) in [7, 11) is 0. The number of rotatable bonds is 7. The van der Waals surface area contributed by atoms with Crippen molar-refractivity contribution in [2.75, 3.05) is 11.5 Å². The highest BCUT2D eigenvalue weighted by molar-refractivity contribution is 6.39. The average Bonchev–Trinajstić information content (AvgIpc) is 2.83. The van der Waals surface area contributed by atoms with Gasteiger partial charge < -0.3 is 9.47 Å². The zero-order valence-electron chi connectivity index (χ0n) is 21.1. The summed E-state index contributed by atoms with van der Waals surface area (Å²) in [6, 6.07) is 15.4. The van der Waals surface area contributed by atoms with Crippen LogP contribution in [0.5, 0.6) is 11.5 Å². The molecular weight excluding hydrogens is 492 g/mol. The first kappa shape index (κ1) is 26.0. The molecule has 1 aliphatic rings. The summed E-state index contributed by atoms with van der Waals surface area (Å²) in [6.45, 7) is 8.39. The molecule has 0 bridgehead atoms. The van der Waals surface area contributed by atoms with E-state index in [2.05, 4.69) is 23.5 Å². The van der Waals surface area contributed by atoms with Crippen molar-refractivity contribution in [2.24, 2.45) is 0 Å². The minimum Gasteiger partial charge on any atom is -0.490 e. The number of anilines is 1. The predicted octanol–water partition coefficient (Wildman–Crippen LogP) is 5.91. The summed E-state index contributed by atoms with van der Waals surface area (Å²) in [5.41, 5.74) is 4.55. The maximum Gasteiger partial charge on any atom is 0.335 e. The number of aryl methyl sites for hydroxylation is 2. The number of hydrogen-bond acceptors (Lipinski definition) is 5. The molecule has 0 spiro atoms. The maximum atomic E-state index is 13.3. The third-order valence-electron chi connectivity index (χ3n) is 5.84. The first-order chi connectivity index (χ1) is 17.7. The average molecular weight is 519 g/mol. The van der Waals surface area contributed by atoms with Crippen LogP contribution in [0, 0.1) is 20.8 Å². The van der Waals surface area contributed by atoms with Gasteiger partial charge in [-0.2, -0.15) is 0 Å². The number of barbiturate groups is 1. The molecule has 0 aliphatic carbocycles. The molecule has 0 aromatic heterocycles. The van der Waals surface area contributed by atoms with Gasteiger partial charge in [0.15, 0.2) is 11.5 Å². The third kappa shape index (κ3) is 5.67. The molecule has 1 N–H and O–H groups in total. The topological polar surface area (TPSA) is 84.9 Å². The number of urea groups is 1. The number of hydrogen-bond donors (Lipinski definition) is 1. The zero-order chi connectivity index (χ0) is 26.7. The van der Waals surface area contributed by atoms with Crippen molar-refractivity contribution >= 4 is 41.2 Å². The number of nitrogens with one attached hydrogen (secondary N) is 1. The summed E-state index contributed by atoms with van der Waals surface area (Å²) in [5.74, 6) is -0.510. The van der Waals surface area contributed by atoms with Crippen molar-refractivity contribution in [2.45, 2.75) is 34.3 Å². The van der Waals surface area contributed by atoms with Gasteiger partial charge in [-0.05, 0) is 74.7 Å². The van der Waals surface area contributed by atoms with Gasteiger partial charge in [0, 0.05) is 5.02 Å². The van der Waals surface area contributed by atoms with Crippen molar-refractivity contribution in [1.29, 1.82) is 0 Å². The predicted molar refractivity (Wildman–Crippen MR) is 143 cm³/mol. The molecule has 4 rings (SSSR count). The highest BCUT2D eigenvalue weighted by Gasteiger charge is 2.37. The monoisotopic (exact) mass is 518 g/mol. The minimum absolute atomic E-state index is 0.190. The van der Waals surface area contributed by atoms with E-state index >= 15 is 0 Å². The Kier molecular flexibility index (Phi) is 7.64. The SMILES string of the molecule is CCOc1cc(/C=C2\C(=O)NC(=O)N(c3cccc(Cl)c3C)C2=O)ccc1OCc1cc(C)cc(C)c1. The van der Waals surface area contributed by atoms with Gasteiger partial charge in [-0.25, -0.2) is 9.69 Å². The lowest BCUT2D eigenvalue weighted by atomic mass is 10.1. The smallest absolute Gasteiger partial charge is 0.335 e. The molecule has 37 heavy (non-hydrogen) atoms. The molecule has 8 heteroatoms. The van der Waals surface area contributed by atoms with Crippen LogP contribution in [0.4, 0.5) is 10.5 Å². The Morgan fingerprint density at radius 3 is 2.35 bits per heavy atom. The van der Waals surface area contributed by atoms with E-state index in [1.807, 2.05) is 20.8 Å². The summed E-state index contributed by atoms with van der Waals surface area (Å²) in [4.78, 5) is 39.4. The molecule has 3 aromatic carbocycles. The van der Waals surface area contributed by atoms with Crippen LogP contribution in [-0.2, 0) is 16.2 Å². The number of imide groups is 2. The lowest BCUT2D eigenvalue weighted by molar-refractivity contribution is -0.122. The zero-order valence-corrected chi connectivity index (χ0v) is 21.8. The summed E-state index contributed by atoms with van der Waals surface area (Å²) in [6.07, 6.45) is 1.42. The fourth-order valence-electron chi connectivity index (χ4n) is 4.20. The molecule has 190 valence electrons. The molecule has 0 unspecified atom stereocenters. The van der Waals surface area contributed by atoms with Gasteiger partial charge in [-0.15, -0.1) is 0 Å². The van der Waals surface area contributed by atoms with E-state index in [0.29, 0.717) is 46.5 Å². The number of ether oxygens (including phenoxy) is 2. The molecule has 0 atom stereocenters. The van der Waals surface area contributed by atoms with Crippen LogP contribution in [0.2, 0.25) is 5.02 Å². The Labute approximate surface area is 220 Å². The summed E-state index contributed by atoms with van der Waals surface area (Å²) in [5, 5.41) is 2.64. The van der Waals surface area contributed by atoms with E-state index in [4.69, 9.17) is 21.1 Å².